The second-order valence-corrected chi connectivity index (χ2v) is 5.34. The van der Waals surface area contributed by atoms with E-state index < -0.39 is 5.92 Å². The lowest BCUT2D eigenvalue weighted by atomic mass is 9.87. The summed E-state index contributed by atoms with van der Waals surface area (Å²) in [6, 6.07) is 3.61. The summed E-state index contributed by atoms with van der Waals surface area (Å²) in [4.78, 5) is 4.07. The Balaban J connectivity index is 1.78. The van der Waals surface area contributed by atoms with Crippen LogP contribution in [0.2, 0.25) is 0 Å². The van der Waals surface area contributed by atoms with Crippen molar-refractivity contribution >= 4 is 15.9 Å². The Bertz CT molecular complexity index is 359. The van der Waals surface area contributed by atoms with Gasteiger partial charge in [0.25, 0.3) is 0 Å². The smallest absolute Gasteiger partial charge is 0.248 e. The molecule has 17 heavy (non-hydrogen) atoms. The summed E-state index contributed by atoms with van der Waals surface area (Å²) in [5.41, 5.74) is 0. The molecule has 2 nitrogen and oxygen atoms in total. The minimum Gasteiger partial charge on any atom is -0.477 e. The third-order valence-electron chi connectivity index (χ3n) is 3.00. The van der Waals surface area contributed by atoms with Crippen LogP contribution in [0.5, 0.6) is 5.88 Å². The first-order valence-corrected chi connectivity index (χ1v) is 6.47. The fourth-order valence-electron chi connectivity index (χ4n) is 1.92. The van der Waals surface area contributed by atoms with E-state index in [0.717, 1.165) is 4.47 Å². The summed E-state index contributed by atoms with van der Waals surface area (Å²) >= 11 is 3.28. The van der Waals surface area contributed by atoms with Gasteiger partial charge in [0, 0.05) is 29.6 Å². The molecule has 1 aliphatic rings. The van der Waals surface area contributed by atoms with Crippen LogP contribution in [0.25, 0.3) is 0 Å². The summed E-state index contributed by atoms with van der Waals surface area (Å²) in [5.74, 6) is -1.70. The summed E-state index contributed by atoms with van der Waals surface area (Å²) in [5, 5.41) is 0. The Morgan fingerprint density at radius 2 is 2.06 bits per heavy atom. The second kappa shape index (κ2) is 5.29. The molecule has 5 heteroatoms. The predicted octanol–water partition coefficient (Wildman–Crippen LogP) is 4.05. The molecule has 1 aliphatic carbocycles. The Labute approximate surface area is 108 Å². The van der Waals surface area contributed by atoms with Crippen molar-refractivity contribution in [3.8, 4) is 5.88 Å². The molecule has 0 unspecified atom stereocenters. The van der Waals surface area contributed by atoms with Gasteiger partial charge in [0.15, 0.2) is 0 Å². The van der Waals surface area contributed by atoms with E-state index in [1.165, 1.54) is 0 Å². The Kier molecular flexibility index (Phi) is 3.97. The average Bonchev–Trinajstić information content (AvgIpc) is 2.30. The van der Waals surface area contributed by atoms with Gasteiger partial charge < -0.3 is 4.74 Å². The summed E-state index contributed by atoms with van der Waals surface area (Å²) in [6.07, 6.45) is 2.68. The fourth-order valence-corrected chi connectivity index (χ4v) is 2.15. The molecule has 0 spiro atoms. The molecule has 2 rings (SSSR count). The number of nitrogens with zero attached hydrogens (tertiary/aromatic N) is 1. The number of aromatic nitrogens is 1. The van der Waals surface area contributed by atoms with Crippen LogP contribution < -0.4 is 4.74 Å². The van der Waals surface area contributed by atoms with E-state index in [9.17, 15) is 8.78 Å². The van der Waals surface area contributed by atoms with Crippen LogP contribution >= 0.6 is 15.9 Å². The number of hydrogen-bond donors (Lipinski definition) is 0. The van der Waals surface area contributed by atoms with Gasteiger partial charge in [0.05, 0.1) is 6.61 Å². The highest BCUT2D eigenvalue weighted by Crippen LogP contribution is 2.36. The van der Waals surface area contributed by atoms with Crippen LogP contribution in [0.4, 0.5) is 8.78 Å². The number of halogens is 3. The van der Waals surface area contributed by atoms with Gasteiger partial charge in [-0.2, -0.15) is 0 Å². The third kappa shape index (κ3) is 3.91. The van der Waals surface area contributed by atoms with Gasteiger partial charge >= 0.3 is 0 Å². The van der Waals surface area contributed by atoms with Gasteiger partial charge in [-0.1, -0.05) is 0 Å². The van der Waals surface area contributed by atoms with Gasteiger partial charge in [-0.25, -0.2) is 13.8 Å². The fraction of sp³-hybridized carbons (Fsp3) is 0.583. The summed E-state index contributed by atoms with van der Waals surface area (Å²) in [7, 11) is 0. The van der Waals surface area contributed by atoms with Crippen molar-refractivity contribution in [3.63, 3.8) is 0 Å². The van der Waals surface area contributed by atoms with Gasteiger partial charge in [-0.3, -0.25) is 0 Å². The molecule has 1 aromatic rings. The summed E-state index contributed by atoms with van der Waals surface area (Å²) < 4.78 is 32.2. The zero-order valence-corrected chi connectivity index (χ0v) is 10.9. The van der Waals surface area contributed by atoms with Crippen LogP contribution in [0.3, 0.4) is 0 Å². The summed E-state index contributed by atoms with van der Waals surface area (Å²) in [6.45, 7) is 0.477. The average molecular weight is 306 g/mol. The van der Waals surface area contributed by atoms with Gasteiger partial charge in [0.1, 0.15) is 0 Å². The van der Waals surface area contributed by atoms with Crippen molar-refractivity contribution in [2.24, 2.45) is 5.92 Å². The van der Waals surface area contributed by atoms with Crippen LogP contribution in [-0.4, -0.2) is 17.5 Å². The van der Waals surface area contributed by atoms with E-state index >= 15 is 0 Å². The molecule has 0 bridgehead atoms. The molecule has 0 radical (unpaired) electrons. The maximum atomic E-state index is 12.9. The SMILES string of the molecule is FC1(F)CCC(COc2ccc(Br)cn2)CC1. The van der Waals surface area contributed by atoms with Crippen molar-refractivity contribution in [3.05, 3.63) is 22.8 Å². The Morgan fingerprint density at radius 3 is 2.65 bits per heavy atom. The van der Waals surface area contributed by atoms with Crippen LogP contribution in [0, 0.1) is 5.92 Å². The lowest BCUT2D eigenvalue weighted by Crippen LogP contribution is -2.27. The van der Waals surface area contributed by atoms with Crippen molar-refractivity contribution in [2.45, 2.75) is 31.6 Å². The molecule has 0 atom stereocenters. The molecular weight excluding hydrogens is 292 g/mol. The van der Waals surface area contributed by atoms with E-state index in [1.54, 1.807) is 12.3 Å². The first-order valence-electron chi connectivity index (χ1n) is 5.67. The first kappa shape index (κ1) is 12.7. The predicted molar refractivity (Wildman–Crippen MR) is 64.3 cm³/mol. The van der Waals surface area contributed by atoms with Crippen LogP contribution in [0.15, 0.2) is 22.8 Å². The minimum atomic E-state index is -2.47. The monoisotopic (exact) mass is 305 g/mol. The Morgan fingerprint density at radius 1 is 1.35 bits per heavy atom. The maximum Gasteiger partial charge on any atom is 0.248 e. The standard InChI is InChI=1S/C12H14BrF2NO/c13-10-1-2-11(16-7-10)17-8-9-3-5-12(14,15)6-4-9/h1-2,7,9H,3-6,8H2. The maximum absolute atomic E-state index is 12.9. The molecule has 0 aromatic carbocycles. The van der Waals surface area contributed by atoms with Gasteiger partial charge in [-0.15, -0.1) is 0 Å². The normalized spacial score (nSPS) is 20.2. The van der Waals surface area contributed by atoms with Crippen molar-refractivity contribution < 1.29 is 13.5 Å². The molecule has 0 aliphatic heterocycles. The van der Waals surface area contributed by atoms with E-state index in [-0.39, 0.29) is 18.8 Å². The van der Waals surface area contributed by atoms with E-state index in [1.807, 2.05) is 6.07 Å². The highest BCUT2D eigenvalue weighted by Gasteiger charge is 2.34. The molecule has 1 fully saturated rings. The third-order valence-corrected chi connectivity index (χ3v) is 3.47. The van der Waals surface area contributed by atoms with Crippen molar-refractivity contribution in [1.82, 2.24) is 4.98 Å². The van der Waals surface area contributed by atoms with Gasteiger partial charge in [-0.05, 0) is 40.8 Å². The molecule has 1 heterocycles. The Hall–Kier alpha value is -0.710. The minimum absolute atomic E-state index is 0.0191. The highest BCUT2D eigenvalue weighted by atomic mass is 79.9. The van der Waals surface area contributed by atoms with Crippen molar-refractivity contribution in [2.75, 3.05) is 6.61 Å². The zero-order chi connectivity index (χ0) is 12.3. The number of alkyl halides is 2. The zero-order valence-electron chi connectivity index (χ0n) is 9.33. The molecule has 1 aromatic heterocycles. The van der Waals surface area contributed by atoms with Crippen LogP contribution in [-0.2, 0) is 0 Å². The van der Waals surface area contributed by atoms with E-state index in [0.29, 0.717) is 25.3 Å². The molecule has 0 saturated heterocycles. The van der Waals surface area contributed by atoms with Gasteiger partial charge in [0.2, 0.25) is 11.8 Å². The molecule has 94 valence electrons. The molecular formula is C12H14BrF2NO. The molecule has 0 N–H and O–H groups in total. The lowest BCUT2D eigenvalue weighted by molar-refractivity contribution is -0.0499. The number of rotatable bonds is 3. The van der Waals surface area contributed by atoms with E-state index in [4.69, 9.17) is 4.74 Å². The second-order valence-electron chi connectivity index (χ2n) is 4.42. The largest absolute Gasteiger partial charge is 0.477 e. The quantitative estimate of drug-likeness (QED) is 0.840. The van der Waals surface area contributed by atoms with Crippen LogP contribution in [0.1, 0.15) is 25.7 Å². The molecule has 1 saturated carbocycles. The number of ether oxygens (including phenoxy) is 1. The first-order chi connectivity index (χ1) is 8.05. The van der Waals surface area contributed by atoms with Crippen molar-refractivity contribution in [1.29, 1.82) is 0 Å². The number of pyridine rings is 1. The lowest BCUT2D eigenvalue weighted by Gasteiger charge is -2.27. The topological polar surface area (TPSA) is 22.1 Å². The van der Waals surface area contributed by atoms with E-state index in [2.05, 4.69) is 20.9 Å². The molecule has 0 amide bonds. The highest BCUT2D eigenvalue weighted by molar-refractivity contribution is 9.10. The number of hydrogen-bond acceptors (Lipinski definition) is 2.